The van der Waals surface area contributed by atoms with E-state index in [4.69, 9.17) is 10.00 Å². The molecule has 1 heterocycles. The summed E-state index contributed by atoms with van der Waals surface area (Å²) in [5.74, 6) is -0.659. The molecule has 1 N–H and O–H groups in total. The van der Waals surface area contributed by atoms with Gasteiger partial charge in [-0.3, -0.25) is 4.79 Å². The average Bonchev–Trinajstić information content (AvgIpc) is 2.41. The van der Waals surface area contributed by atoms with E-state index in [2.05, 4.69) is 5.32 Å². The van der Waals surface area contributed by atoms with E-state index >= 15 is 4.39 Å². The molecule has 2 rings (SSSR count). The van der Waals surface area contributed by atoms with Crippen molar-refractivity contribution >= 4 is 5.78 Å². The average molecular weight is 250 g/mol. The molecule has 2 aliphatic rings. The number of nitriles is 1. The lowest BCUT2D eigenvalue weighted by atomic mass is 9.77. The predicted molar refractivity (Wildman–Crippen MR) is 63.5 cm³/mol. The first-order chi connectivity index (χ1) is 8.51. The van der Waals surface area contributed by atoms with Crippen molar-refractivity contribution in [3.63, 3.8) is 0 Å². The molecule has 0 spiro atoms. The Bertz CT molecular complexity index is 484. The van der Waals surface area contributed by atoms with Crippen molar-refractivity contribution in [2.75, 3.05) is 19.7 Å². The van der Waals surface area contributed by atoms with Crippen LogP contribution in [0.5, 0.6) is 0 Å². The van der Waals surface area contributed by atoms with Crippen LogP contribution in [0, 0.1) is 11.3 Å². The Morgan fingerprint density at radius 1 is 1.61 bits per heavy atom. The number of allylic oxidation sites excluding steroid dienone is 3. The van der Waals surface area contributed by atoms with E-state index in [0.29, 0.717) is 24.3 Å². The minimum Gasteiger partial charge on any atom is -0.371 e. The summed E-state index contributed by atoms with van der Waals surface area (Å²) in [5, 5.41) is 12.0. The van der Waals surface area contributed by atoms with Crippen LogP contribution in [0.1, 0.15) is 13.8 Å². The lowest BCUT2D eigenvalue weighted by Crippen LogP contribution is -2.56. The van der Waals surface area contributed by atoms with E-state index in [1.807, 2.05) is 0 Å². The predicted octanol–water partition coefficient (Wildman–Crippen LogP) is 1.05. The Morgan fingerprint density at radius 3 is 2.89 bits per heavy atom. The van der Waals surface area contributed by atoms with E-state index in [-0.39, 0.29) is 12.1 Å². The van der Waals surface area contributed by atoms with Gasteiger partial charge in [0.15, 0.2) is 0 Å². The van der Waals surface area contributed by atoms with E-state index in [1.165, 1.54) is 6.08 Å². The Morgan fingerprint density at radius 2 is 2.33 bits per heavy atom. The van der Waals surface area contributed by atoms with Crippen molar-refractivity contribution in [1.29, 1.82) is 5.26 Å². The molecule has 0 aromatic rings. The van der Waals surface area contributed by atoms with Crippen LogP contribution >= 0.6 is 0 Å². The lowest BCUT2D eigenvalue weighted by Gasteiger charge is -2.36. The summed E-state index contributed by atoms with van der Waals surface area (Å²) in [6.07, 6.45) is 0.502. The van der Waals surface area contributed by atoms with Gasteiger partial charge >= 0.3 is 0 Å². The quantitative estimate of drug-likeness (QED) is 0.755. The van der Waals surface area contributed by atoms with Gasteiger partial charge in [0, 0.05) is 13.1 Å². The highest BCUT2D eigenvalue weighted by Crippen LogP contribution is 2.37. The third-order valence-corrected chi connectivity index (χ3v) is 3.51. The largest absolute Gasteiger partial charge is 0.371 e. The minimum atomic E-state index is -2.36. The number of carbonyl (C=O) groups is 1. The van der Waals surface area contributed by atoms with Gasteiger partial charge in [0.2, 0.25) is 11.5 Å². The number of carbonyl (C=O) groups excluding carboxylic acids is 1. The van der Waals surface area contributed by atoms with Crippen LogP contribution in [0.2, 0.25) is 0 Å². The molecule has 96 valence electrons. The molecule has 0 aromatic heterocycles. The highest BCUT2D eigenvalue weighted by Gasteiger charge is 2.53. The Labute approximate surface area is 105 Å². The van der Waals surface area contributed by atoms with Crippen molar-refractivity contribution < 1.29 is 13.9 Å². The molecule has 1 aliphatic carbocycles. The van der Waals surface area contributed by atoms with Crippen LogP contribution < -0.4 is 5.32 Å². The van der Waals surface area contributed by atoms with E-state index in [0.717, 1.165) is 0 Å². The van der Waals surface area contributed by atoms with Crippen LogP contribution in [0.15, 0.2) is 22.8 Å². The lowest BCUT2D eigenvalue weighted by molar-refractivity contribution is -0.136. The normalized spacial score (nSPS) is 33.1. The van der Waals surface area contributed by atoms with Crippen molar-refractivity contribution in [3.8, 4) is 6.07 Å². The zero-order chi connectivity index (χ0) is 13.3. The maximum Gasteiger partial charge on any atom is 0.234 e. The second-order valence-corrected chi connectivity index (χ2v) is 4.58. The fraction of sp³-hybridized carbons (Fsp3) is 0.538. The van der Waals surface area contributed by atoms with Crippen LogP contribution in [-0.4, -0.2) is 37.3 Å². The van der Waals surface area contributed by atoms with Gasteiger partial charge in [0.05, 0.1) is 18.2 Å². The molecule has 5 heteroatoms. The molecular weight excluding hydrogens is 235 g/mol. The Hall–Kier alpha value is -1.51. The number of morpholine rings is 1. The fourth-order valence-electron chi connectivity index (χ4n) is 2.26. The Balaban J connectivity index is 2.45. The molecule has 1 aliphatic heterocycles. The monoisotopic (exact) mass is 250 g/mol. The third kappa shape index (κ3) is 1.78. The standard InChI is InChI=1S/C13H15FN2O2/c1-8-5-10(6-15)13(14,12(17)9(8)2)11-7-16-3-4-18-11/h5,11,16H,3-4,7H2,1-2H3. The van der Waals surface area contributed by atoms with Crippen molar-refractivity contribution in [2.45, 2.75) is 25.6 Å². The van der Waals surface area contributed by atoms with Gasteiger partial charge in [0.1, 0.15) is 6.10 Å². The van der Waals surface area contributed by atoms with Gasteiger partial charge in [0.25, 0.3) is 0 Å². The molecule has 2 atom stereocenters. The molecule has 18 heavy (non-hydrogen) atoms. The molecule has 0 aromatic carbocycles. The maximum atomic E-state index is 15.1. The van der Waals surface area contributed by atoms with Crippen LogP contribution in [-0.2, 0) is 9.53 Å². The molecule has 2 unspecified atom stereocenters. The SMILES string of the molecule is CC1=C(C)C(=O)C(F)(C2CNCCO2)C(C#N)=C1. The number of halogens is 1. The number of nitrogens with one attached hydrogen (secondary N) is 1. The molecule has 1 fully saturated rings. The third-order valence-electron chi connectivity index (χ3n) is 3.51. The summed E-state index contributed by atoms with van der Waals surface area (Å²) in [4.78, 5) is 12.2. The topological polar surface area (TPSA) is 62.1 Å². The number of ketones is 1. The molecule has 0 saturated carbocycles. The summed E-state index contributed by atoms with van der Waals surface area (Å²) in [7, 11) is 0. The maximum absolute atomic E-state index is 15.1. The van der Waals surface area contributed by atoms with E-state index < -0.39 is 17.6 Å². The zero-order valence-electron chi connectivity index (χ0n) is 10.4. The first-order valence-corrected chi connectivity index (χ1v) is 5.87. The van der Waals surface area contributed by atoms with Gasteiger partial charge in [-0.25, -0.2) is 4.39 Å². The highest BCUT2D eigenvalue weighted by atomic mass is 19.1. The molecular formula is C13H15FN2O2. The summed E-state index contributed by atoms with van der Waals surface area (Å²) >= 11 is 0. The Kier molecular flexibility index (Phi) is 3.33. The first kappa shape index (κ1) is 12.9. The second-order valence-electron chi connectivity index (χ2n) is 4.58. The molecule has 0 bridgehead atoms. The highest BCUT2D eigenvalue weighted by molar-refractivity contribution is 6.07. The van der Waals surface area contributed by atoms with E-state index in [9.17, 15) is 4.79 Å². The summed E-state index contributed by atoms with van der Waals surface area (Å²) < 4.78 is 20.4. The van der Waals surface area contributed by atoms with Crippen LogP contribution in [0.3, 0.4) is 0 Å². The van der Waals surface area contributed by atoms with Crippen LogP contribution in [0.4, 0.5) is 4.39 Å². The summed E-state index contributed by atoms with van der Waals surface area (Å²) in [6, 6.07) is 1.80. The van der Waals surface area contributed by atoms with Gasteiger partial charge in [-0.2, -0.15) is 5.26 Å². The number of hydrogen-bond acceptors (Lipinski definition) is 4. The van der Waals surface area contributed by atoms with E-state index in [1.54, 1.807) is 19.9 Å². The summed E-state index contributed by atoms with van der Waals surface area (Å²) in [5.41, 5.74) is -1.53. The minimum absolute atomic E-state index is 0.163. The van der Waals surface area contributed by atoms with Gasteiger partial charge in [-0.05, 0) is 31.1 Å². The van der Waals surface area contributed by atoms with Gasteiger partial charge in [-0.1, -0.05) is 0 Å². The number of Topliss-reactive ketones (excluding diaryl/α,β-unsaturated/α-hetero) is 1. The fourth-order valence-corrected chi connectivity index (χ4v) is 2.26. The van der Waals surface area contributed by atoms with Gasteiger partial charge < -0.3 is 10.1 Å². The van der Waals surface area contributed by atoms with Crippen LogP contribution in [0.25, 0.3) is 0 Å². The molecule has 0 radical (unpaired) electrons. The van der Waals surface area contributed by atoms with Crippen molar-refractivity contribution in [2.24, 2.45) is 0 Å². The first-order valence-electron chi connectivity index (χ1n) is 5.87. The second kappa shape index (κ2) is 4.63. The number of rotatable bonds is 1. The number of ether oxygens (including phenoxy) is 1. The van der Waals surface area contributed by atoms with Crippen molar-refractivity contribution in [3.05, 3.63) is 22.8 Å². The van der Waals surface area contributed by atoms with Crippen molar-refractivity contribution in [1.82, 2.24) is 5.32 Å². The smallest absolute Gasteiger partial charge is 0.234 e. The summed E-state index contributed by atoms with van der Waals surface area (Å²) in [6.45, 7) is 4.47. The molecule has 1 saturated heterocycles. The molecule has 0 amide bonds. The number of hydrogen-bond donors (Lipinski definition) is 1. The molecule has 4 nitrogen and oxygen atoms in total. The zero-order valence-corrected chi connectivity index (χ0v) is 10.4. The number of nitrogens with zero attached hydrogens (tertiary/aromatic N) is 1. The van der Waals surface area contributed by atoms with Gasteiger partial charge in [-0.15, -0.1) is 0 Å². The number of alkyl halides is 1.